The monoisotopic (exact) mass is 294 g/mol. The summed E-state index contributed by atoms with van der Waals surface area (Å²) in [6.07, 6.45) is 6.45. The molecule has 6 heteroatoms. The fraction of sp³-hybridized carbons (Fsp3) is 0.750. The van der Waals surface area contributed by atoms with Gasteiger partial charge >= 0.3 is 0 Å². The number of rotatable bonds is 5. The van der Waals surface area contributed by atoms with Crippen molar-refractivity contribution < 1.29 is 0 Å². The lowest BCUT2D eigenvalue weighted by atomic mass is 10.1. The number of nitrogens with zero attached hydrogens (tertiary/aromatic N) is 3. The third-order valence-electron chi connectivity index (χ3n) is 3.27. The van der Waals surface area contributed by atoms with Gasteiger partial charge in [-0.1, -0.05) is 13.3 Å². The zero-order chi connectivity index (χ0) is 11.2. The van der Waals surface area contributed by atoms with Crippen LogP contribution in [0.5, 0.6) is 0 Å². The molecule has 2 heterocycles. The van der Waals surface area contributed by atoms with Gasteiger partial charge in [-0.05, 0) is 12.5 Å². The highest BCUT2D eigenvalue weighted by Gasteiger charge is 2.20. The van der Waals surface area contributed by atoms with Crippen LogP contribution in [-0.4, -0.2) is 46.9 Å². The van der Waals surface area contributed by atoms with Gasteiger partial charge in [-0.25, -0.2) is 0 Å². The minimum absolute atomic E-state index is 0. The quantitative estimate of drug-likeness (QED) is 0.899. The predicted octanol–water partition coefficient (Wildman–Crippen LogP) is 1.80. The Labute approximate surface area is 122 Å². The van der Waals surface area contributed by atoms with Crippen molar-refractivity contribution >= 4 is 24.8 Å². The highest BCUT2D eigenvalue weighted by molar-refractivity contribution is 5.85. The average Bonchev–Trinajstić information content (AvgIpc) is 2.81. The Kier molecular flexibility index (Phi) is 9.46. The van der Waals surface area contributed by atoms with E-state index in [4.69, 9.17) is 0 Å². The molecule has 1 aromatic rings. The van der Waals surface area contributed by atoms with Crippen LogP contribution < -0.4 is 5.32 Å². The Morgan fingerprint density at radius 2 is 2.17 bits per heavy atom. The van der Waals surface area contributed by atoms with Gasteiger partial charge in [-0.3, -0.25) is 9.58 Å². The molecule has 0 amide bonds. The molecular formula is C12H24Cl2N4. The Balaban J connectivity index is 0.00000144. The summed E-state index contributed by atoms with van der Waals surface area (Å²) in [5.41, 5.74) is 0. The maximum atomic E-state index is 4.25. The van der Waals surface area contributed by atoms with E-state index in [2.05, 4.69) is 22.2 Å². The van der Waals surface area contributed by atoms with Crippen molar-refractivity contribution in [1.29, 1.82) is 0 Å². The molecule has 2 rings (SSSR count). The first kappa shape index (κ1) is 17.7. The Morgan fingerprint density at radius 3 is 2.83 bits per heavy atom. The molecule has 1 fully saturated rings. The lowest BCUT2D eigenvalue weighted by Crippen LogP contribution is -2.51. The zero-order valence-electron chi connectivity index (χ0n) is 10.9. The van der Waals surface area contributed by atoms with Crippen molar-refractivity contribution in [1.82, 2.24) is 20.0 Å². The van der Waals surface area contributed by atoms with Gasteiger partial charge < -0.3 is 5.32 Å². The van der Waals surface area contributed by atoms with E-state index in [-0.39, 0.29) is 24.8 Å². The van der Waals surface area contributed by atoms with Gasteiger partial charge in [0.25, 0.3) is 0 Å². The predicted molar refractivity (Wildman–Crippen MR) is 79.9 cm³/mol. The first-order valence-corrected chi connectivity index (χ1v) is 6.32. The molecule has 1 aliphatic rings. The van der Waals surface area contributed by atoms with Crippen LogP contribution in [0.15, 0.2) is 18.5 Å². The molecule has 4 nitrogen and oxygen atoms in total. The largest absolute Gasteiger partial charge is 0.314 e. The molecule has 0 aromatic carbocycles. The second-order valence-electron chi connectivity index (χ2n) is 4.45. The second-order valence-corrected chi connectivity index (χ2v) is 4.45. The van der Waals surface area contributed by atoms with Crippen LogP contribution in [0, 0.1) is 0 Å². The van der Waals surface area contributed by atoms with Crippen LogP contribution in [0.25, 0.3) is 0 Å². The molecule has 1 N–H and O–H groups in total. The molecule has 0 bridgehead atoms. The van der Waals surface area contributed by atoms with Gasteiger partial charge in [0.15, 0.2) is 0 Å². The molecule has 1 aromatic heterocycles. The van der Waals surface area contributed by atoms with Gasteiger partial charge in [-0.15, -0.1) is 24.8 Å². The van der Waals surface area contributed by atoms with Crippen molar-refractivity contribution in [2.45, 2.75) is 32.4 Å². The first-order chi connectivity index (χ1) is 7.90. The smallest absolute Gasteiger partial charge is 0.0536 e. The maximum Gasteiger partial charge on any atom is 0.0536 e. The summed E-state index contributed by atoms with van der Waals surface area (Å²) in [6.45, 7) is 7.83. The summed E-state index contributed by atoms with van der Waals surface area (Å²) in [4.78, 5) is 2.60. The number of halogens is 2. The molecule has 1 unspecified atom stereocenters. The summed E-state index contributed by atoms with van der Waals surface area (Å²) in [5, 5.41) is 7.72. The van der Waals surface area contributed by atoms with Crippen LogP contribution in [-0.2, 0) is 6.54 Å². The van der Waals surface area contributed by atoms with E-state index in [1.807, 2.05) is 23.1 Å². The fourth-order valence-electron chi connectivity index (χ4n) is 2.38. The summed E-state index contributed by atoms with van der Waals surface area (Å²) in [5.74, 6) is 0. The van der Waals surface area contributed by atoms with E-state index in [1.54, 1.807) is 0 Å². The Hall–Kier alpha value is -0.290. The SMILES string of the molecule is CCCC1CNCCN1CCn1cccn1.Cl.Cl. The Bertz CT molecular complexity index is 290. The highest BCUT2D eigenvalue weighted by atomic mass is 35.5. The minimum Gasteiger partial charge on any atom is -0.314 e. The molecule has 1 aliphatic heterocycles. The lowest BCUT2D eigenvalue weighted by molar-refractivity contribution is 0.145. The van der Waals surface area contributed by atoms with Gasteiger partial charge in [0.2, 0.25) is 0 Å². The topological polar surface area (TPSA) is 33.1 Å². The van der Waals surface area contributed by atoms with Gasteiger partial charge in [0.1, 0.15) is 0 Å². The first-order valence-electron chi connectivity index (χ1n) is 6.32. The van der Waals surface area contributed by atoms with E-state index in [0.717, 1.165) is 26.2 Å². The van der Waals surface area contributed by atoms with Gasteiger partial charge in [0.05, 0.1) is 6.54 Å². The third-order valence-corrected chi connectivity index (χ3v) is 3.27. The minimum atomic E-state index is 0. The van der Waals surface area contributed by atoms with Crippen molar-refractivity contribution in [2.24, 2.45) is 0 Å². The number of aromatic nitrogens is 2. The van der Waals surface area contributed by atoms with Gasteiger partial charge in [-0.2, -0.15) is 5.10 Å². The van der Waals surface area contributed by atoms with E-state index in [0.29, 0.717) is 6.04 Å². The van der Waals surface area contributed by atoms with Crippen molar-refractivity contribution in [2.75, 3.05) is 26.2 Å². The molecule has 0 saturated carbocycles. The molecule has 0 spiro atoms. The van der Waals surface area contributed by atoms with E-state index in [9.17, 15) is 0 Å². The second kappa shape index (κ2) is 9.62. The van der Waals surface area contributed by atoms with Crippen LogP contribution in [0.4, 0.5) is 0 Å². The maximum absolute atomic E-state index is 4.25. The molecule has 106 valence electrons. The molecule has 1 atom stereocenters. The van der Waals surface area contributed by atoms with E-state index in [1.165, 1.54) is 19.4 Å². The van der Waals surface area contributed by atoms with Crippen LogP contribution in [0.1, 0.15) is 19.8 Å². The van der Waals surface area contributed by atoms with Crippen molar-refractivity contribution in [3.8, 4) is 0 Å². The molecule has 18 heavy (non-hydrogen) atoms. The van der Waals surface area contributed by atoms with E-state index < -0.39 is 0 Å². The van der Waals surface area contributed by atoms with E-state index >= 15 is 0 Å². The zero-order valence-corrected chi connectivity index (χ0v) is 12.6. The molecule has 0 aliphatic carbocycles. The fourth-order valence-corrected chi connectivity index (χ4v) is 2.38. The van der Waals surface area contributed by atoms with Crippen molar-refractivity contribution in [3.05, 3.63) is 18.5 Å². The average molecular weight is 295 g/mol. The number of hydrogen-bond donors (Lipinski definition) is 1. The van der Waals surface area contributed by atoms with Crippen LogP contribution >= 0.6 is 24.8 Å². The third kappa shape index (κ3) is 5.14. The summed E-state index contributed by atoms with van der Waals surface area (Å²) in [7, 11) is 0. The number of nitrogens with one attached hydrogen (secondary N) is 1. The Morgan fingerprint density at radius 1 is 1.33 bits per heavy atom. The summed E-state index contributed by atoms with van der Waals surface area (Å²) in [6, 6.07) is 2.70. The molecule has 1 saturated heterocycles. The summed E-state index contributed by atoms with van der Waals surface area (Å²) < 4.78 is 2.02. The normalized spacial score (nSPS) is 19.9. The van der Waals surface area contributed by atoms with Gasteiger partial charge in [0, 0.05) is 44.6 Å². The number of piperazine rings is 1. The summed E-state index contributed by atoms with van der Waals surface area (Å²) >= 11 is 0. The number of hydrogen-bond acceptors (Lipinski definition) is 3. The molecular weight excluding hydrogens is 271 g/mol. The van der Waals surface area contributed by atoms with Crippen LogP contribution in [0.3, 0.4) is 0 Å². The lowest BCUT2D eigenvalue weighted by Gasteiger charge is -2.36. The standard InChI is InChI=1S/C12H22N4.2ClH/c1-2-4-12-11-13-6-8-15(12)9-10-16-7-3-5-14-16;;/h3,5,7,12-13H,2,4,6,8-11H2,1H3;2*1H. The van der Waals surface area contributed by atoms with Crippen LogP contribution in [0.2, 0.25) is 0 Å². The van der Waals surface area contributed by atoms with Crippen molar-refractivity contribution in [3.63, 3.8) is 0 Å². The highest BCUT2D eigenvalue weighted by Crippen LogP contribution is 2.09. The molecule has 0 radical (unpaired) electrons.